The first-order valence-corrected chi connectivity index (χ1v) is 4.52. The molecule has 0 saturated heterocycles. The van der Waals surface area contributed by atoms with Gasteiger partial charge in [0.2, 0.25) is 0 Å². The summed E-state index contributed by atoms with van der Waals surface area (Å²) < 4.78 is 4.82. The predicted octanol–water partition coefficient (Wildman–Crippen LogP) is 1.89. The van der Waals surface area contributed by atoms with Crippen LogP contribution in [0.3, 0.4) is 0 Å². The zero-order valence-electron chi connectivity index (χ0n) is 7.53. The minimum Gasteiger partial charge on any atom is -0.390 e. The van der Waals surface area contributed by atoms with Crippen LogP contribution in [0, 0.1) is 0 Å². The topological polar surface area (TPSA) is 29.5 Å². The highest BCUT2D eigenvalue weighted by molar-refractivity contribution is 6.31. The van der Waals surface area contributed by atoms with Crippen LogP contribution in [0.25, 0.3) is 0 Å². The fourth-order valence-corrected chi connectivity index (χ4v) is 1.38. The van der Waals surface area contributed by atoms with Gasteiger partial charge in [0, 0.05) is 18.6 Å². The van der Waals surface area contributed by atoms with Crippen molar-refractivity contribution in [2.24, 2.45) is 0 Å². The van der Waals surface area contributed by atoms with Crippen molar-refractivity contribution in [1.82, 2.24) is 0 Å². The highest BCUT2D eigenvalue weighted by atomic mass is 35.5. The van der Waals surface area contributed by atoms with Crippen molar-refractivity contribution >= 4 is 11.6 Å². The molecule has 0 aliphatic carbocycles. The minimum atomic E-state index is -0.482. The number of hydrogen-bond donors (Lipinski definition) is 1. The Morgan fingerprint density at radius 2 is 2.15 bits per heavy atom. The van der Waals surface area contributed by atoms with Gasteiger partial charge in [-0.15, -0.1) is 0 Å². The number of aliphatic hydroxyl groups excluding tert-OH is 1. The van der Waals surface area contributed by atoms with Crippen molar-refractivity contribution < 1.29 is 9.84 Å². The van der Waals surface area contributed by atoms with Crippen molar-refractivity contribution in [3.63, 3.8) is 0 Å². The number of hydrogen-bond acceptors (Lipinski definition) is 2. The van der Waals surface area contributed by atoms with Crippen LogP contribution in [0.2, 0.25) is 5.02 Å². The molecule has 1 unspecified atom stereocenters. The molecule has 1 N–H and O–H groups in total. The van der Waals surface area contributed by atoms with Crippen molar-refractivity contribution in [2.75, 3.05) is 13.7 Å². The van der Waals surface area contributed by atoms with Gasteiger partial charge >= 0.3 is 0 Å². The molecular formula is C10H13ClO2. The van der Waals surface area contributed by atoms with Crippen LogP contribution in [0.4, 0.5) is 0 Å². The molecule has 1 aromatic rings. The third-order valence-electron chi connectivity index (χ3n) is 1.77. The molecule has 0 radical (unpaired) electrons. The zero-order valence-corrected chi connectivity index (χ0v) is 8.29. The lowest BCUT2D eigenvalue weighted by atomic mass is 10.1. The Morgan fingerprint density at radius 1 is 1.46 bits per heavy atom. The second-order valence-electron chi connectivity index (χ2n) is 2.90. The van der Waals surface area contributed by atoms with E-state index in [-0.39, 0.29) is 0 Å². The summed E-state index contributed by atoms with van der Waals surface area (Å²) in [6.45, 7) is 0.339. The predicted molar refractivity (Wildman–Crippen MR) is 53.0 cm³/mol. The van der Waals surface area contributed by atoms with E-state index in [0.717, 1.165) is 5.56 Å². The SMILES string of the molecule is COCC(O)Cc1ccccc1Cl. The molecule has 0 spiro atoms. The van der Waals surface area contributed by atoms with E-state index in [2.05, 4.69) is 0 Å². The molecular weight excluding hydrogens is 188 g/mol. The van der Waals surface area contributed by atoms with Gasteiger partial charge in [-0.3, -0.25) is 0 Å². The number of ether oxygens (including phenoxy) is 1. The van der Waals surface area contributed by atoms with Crippen molar-refractivity contribution in [1.29, 1.82) is 0 Å². The molecule has 1 rings (SSSR count). The monoisotopic (exact) mass is 200 g/mol. The van der Waals surface area contributed by atoms with Gasteiger partial charge in [0.25, 0.3) is 0 Å². The lowest BCUT2D eigenvalue weighted by Crippen LogP contribution is -2.17. The Kier molecular flexibility index (Phi) is 4.22. The molecule has 0 aliphatic heterocycles. The zero-order chi connectivity index (χ0) is 9.68. The van der Waals surface area contributed by atoms with Gasteiger partial charge in [0.15, 0.2) is 0 Å². The van der Waals surface area contributed by atoms with E-state index in [1.807, 2.05) is 24.3 Å². The van der Waals surface area contributed by atoms with Crippen LogP contribution < -0.4 is 0 Å². The van der Waals surface area contributed by atoms with E-state index < -0.39 is 6.10 Å². The first-order valence-electron chi connectivity index (χ1n) is 4.14. The summed E-state index contributed by atoms with van der Waals surface area (Å²) >= 11 is 5.92. The van der Waals surface area contributed by atoms with Gasteiger partial charge in [0.05, 0.1) is 12.7 Å². The van der Waals surface area contributed by atoms with Crippen LogP contribution in [0.5, 0.6) is 0 Å². The molecule has 0 amide bonds. The third-order valence-corrected chi connectivity index (χ3v) is 2.14. The smallest absolute Gasteiger partial charge is 0.0814 e. The van der Waals surface area contributed by atoms with E-state index >= 15 is 0 Å². The largest absolute Gasteiger partial charge is 0.390 e. The molecule has 1 aromatic carbocycles. The summed E-state index contributed by atoms with van der Waals surface area (Å²) in [7, 11) is 1.57. The molecule has 72 valence electrons. The standard InChI is InChI=1S/C10H13ClO2/c1-13-7-9(12)6-8-4-2-3-5-10(8)11/h2-5,9,12H,6-7H2,1H3. The third kappa shape index (κ3) is 3.35. The van der Waals surface area contributed by atoms with E-state index in [9.17, 15) is 5.11 Å². The lowest BCUT2D eigenvalue weighted by Gasteiger charge is -2.09. The Bertz CT molecular complexity index is 263. The van der Waals surface area contributed by atoms with Crippen LogP contribution in [-0.2, 0) is 11.2 Å². The number of benzene rings is 1. The van der Waals surface area contributed by atoms with Gasteiger partial charge < -0.3 is 9.84 Å². The van der Waals surface area contributed by atoms with Gasteiger partial charge in [-0.2, -0.15) is 0 Å². The summed E-state index contributed by atoms with van der Waals surface area (Å²) in [6.07, 6.45) is 0.0537. The van der Waals surface area contributed by atoms with Gasteiger partial charge in [-0.05, 0) is 11.6 Å². The highest BCUT2D eigenvalue weighted by Gasteiger charge is 2.06. The van der Waals surface area contributed by atoms with E-state index in [1.54, 1.807) is 7.11 Å². The van der Waals surface area contributed by atoms with Crippen LogP contribution in [0.15, 0.2) is 24.3 Å². The minimum absolute atomic E-state index is 0.339. The molecule has 3 heteroatoms. The van der Waals surface area contributed by atoms with Crippen LogP contribution in [-0.4, -0.2) is 24.9 Å². The highest BCUT2D eigenvalue weighted by Crippen LogP contribution is 2.16. The second kappa shape index (κ2) is 5.22. The quantitative estimate of drug-likeness (QED) is 0.805. The summed E-state index contributed by atoms with van der Waals surface area (Å²) in [4.78, 5) is 0. The van der Waals surface area contributed by atoms with E-state index in [1.165, 1.54) is 0 Å². The average molecular weight is 201 g/mol. The fourth-order valence-electron chi connectivity index (χ4n) is 1.17. The van der Waals surface area contributed by atoms with Crippen LogP contribution in [0.1, 0.15) is 5.56 Å². The Morgan fingerprint density at radius 3 is 2.77 bits per heavy atom. The lowest BCUT2D eigenvalue weighted by molar-refractivity contribution is 0.0650. The fraction of sp³-hybridized carbons (Fsp3) is 0.400. The normalized spacial score (nSPS) is 12.8. The van der Waals surface area contributed by atoms with Crippen molar-refractivity contribution in [3.05, 3.63) is 34.9 Å². The number of halogens is 1. The molecule has 0 heterocycles. The maximum Gasteiger partial charge on any atom is 0.0814 e. The Hall–Kier alpha value is -0.570. The maximum absolute atomic E-state index is 9.44. The second-order valence-corrected chi connectivity index (χ2v) is 3.31. The number of rotatable bonds is 4. The summed E-state index contributed by atoms with van der Waals surface area (Å²) in [5.41, 5.74) is 0.953. The van der Waals surface area contributed by atoms with Crippen molar-refractivity contribution in [3.8, 4) is 0 Å². The Labute approximate surface area is 83.1 Å². The molecule has 2 nitrogen and oxygen atoms in total. The molecule has 0 aromatic heterocycles. The first kappa shape index (κ1) is 10.5. The molecule has 0 aliphatic rings. The molecule has 1 atom stereocenters. The molecule has 13 heavy (non-hydrogen) atoms. The van der Waals surface area contributed by atoms with Gasteiger partial charge in [-0.1, -0.05) is 29.8 Å². The molecule has 0 fully saturated rings. The van der Waals surface area contributed by atoms with E-state index in [4.69, 9.17) is 16.3 Å². The van der Waals surface area contributed by atoms with Crippen LogP contribution >= 0.6 is 11.6 Å². The Balaban J connectivity index is 2.58. The number of methoxy groups -OCH3 is 1. The molecule has 0 saturated carbocycles. The first-order chi connectivity index (χ1) is 6.24. The summed E-state index contributed by atoms with van der Waals surface area (Å²) in [5.74, 6) is 0. The van der Waals surface area contributed by atoms with E-state index in [0.29, 0.717) is 18.1 Å². The van der Waals surface area contributed by atoms with Gasteiger partial charge in [0.1, 0.15) is 0 Å². The summed E-state index contributed by atoms with van der Waals surface area (Å²) in [6, 6.07) is 7.49. The maximum atomic E-state index is 9.44. The summed E-state index contributed by atoms with van der Waals surface area (Å²) in [5, 5.41) is 10.1. The van der Waals surface area contributed by atoms with Crippen molar-refractivity contribution in [2.45, 2.75) is 12.5 Å². The average Bonchev–Trinajstić information content (AvgIpc) is 2.09. The van der Waals surface area contributed by atoms with Gasteiger partial charge in [-0.25, -0.2) is 0 Å². The number of aliphatic hydroxyl groups is 1. The molecule has 0 bridgehead atoms.